The molecule has 1 aliphatic carbocycles. The summed E-state index contributed by atoms with van der Waals surface area (Å²) in [5.41, 5.74) is -2.46. The molecular formula is C27H29F5N2O3S. The van der Waals surface area contributed by atoms with Gasteiger partial charge < -0.3 is 10.2 Å². The largest absolute Gasteiger partial charge is 0.426 e. The summed E-state index contributed by atoms with van der Waals surface area (Å²) in [5, 5.41) is 2.85. The van der Waals surface area contributed by atoms with E-state index in [4.69, 9.17) is 0 Å². The van der Waals surface area contributed by atoms with Crippen molar-refractivity contribution in [3.8, 4) is 0 Å². The molecular weight excluding hydrogens is 527 g/mol. The Hall–Kier alpha value is -2.69. The number of alkyl halides is 4. The van der Waals surface area contributed by atoms with Crippen LogP contribution in [-0.4, -0.2) is 55.7 Å². The van der Waals surface area contributed by atoms with Crippen LogP contribution in [0.3, 0.4) is 0 Å². The SMILES string of the molecule is CC(F)(c1ccc2c(c1)CC[C@H]1N(C(=O)NC3CCS(=O)(=O)C3)CC[C@@]21Cc1ccc(F)cc1)C(F)(F)F. The van der Waals surface area contributed by atoms with Crippen LogP contribution in [0.1, 0.15) is 48.4 Å². The van der Waals surface area contributed by atoms with Crippen LogP contribution in [0.4, 0.5) is 26.7 Å². The van der Waals surface area contributed by atoms with Crippen LogP contribution in [0, 0.1) is 5.82 Å². The molecule has 0 bridgehead atoms. The number of nitrogens with zero attached hydrogens (tertiary/aromatic N) is 1. The van der Waals surface area contributed by atoms with E-state index in [9.17, 15) is 35.2 Å². The third-order valence-corrected chi connectivity index (χ3v) is 10.2. The first-order valence-corrected chi connectivity index (χ1v) is 14.5. The summed E-state index contributed by atoms with van der Waals surface area (Å²) >= 11 is 0. The maximum atomic E-state index is 14.8. The topological polar surface area (TPSA) is 66.5 Å². The number of rotatable bonds is 4. The van der Waals surface area contributed by atoms with Crippen molar-refractivity contribution >= 4 is 15.9 Å². The normalized spacial score (nSPS) is 27.9. The fourth-order valence-corrected chi connectivity index (χ4v) is 8.07. The molecule has 0 saturated carbocycles. The van der Waals surface area contributed by atoms with Gasteiger partial charge in [-0.2, -0.15) is 13.2 Å². The van der Waals surface area contributed by atoms with Crippen LogP contribution in [0.5, 0.6) is 0 Å². The second-order valence-electron chi connectivity index (χ2n) is 10.9. The molecule has 38 heavy (non-hydrogen) atoms. The summed E-state index contributed by atoms with van der Waals surface area (Å²) < 4.78 is 92.4. The van der Waals surface area contributed by atoms with Crippen LogP contribution in [-0.2, 0) is 33.8 Å². The van der Waals surface area contributed by atoms with E-state index in [2.05, 4.69) is 5.32 Å². The summed E-state index contributed by atoms with van der Waals surface area (Å²) in [6.45, 7) is 0.876. The summed E-state index contributed by atoms with van der Waals surface area (Å²) in [5.74, 6) is -0.480. The molecule has 5 nitrogen and oxygen atoms in total. The van der Waals surface area contributed by atoms with E-state index < -0.39 is 44.5 Å². The van der Waals surface area contributed by atoms with Gasteiger partial charge in [-0.05, 0) is 73.4 Å². The summed E-state index contributed by atoms with van der Waals surface area (Å²) in [6.07, 6.45) is -3.00. The predicted octanol–water partition coefficient (Wildman–Crippen LogP) is 4.97. The molecule has 4 atom stereocenters. The minimum Gasteiger partial charge on any atom is -0.334 e. The number of hydrogen-bond donors (Lipinski definition) is 1. The van der Waals surface area contributed by atoms with E-state index in [1.807, 2.05) is 0 Å². The molecule has 1 N–H and O–H groups in total. The van der Waals surface area contributed by atoms with Crippen molar-refractivity contribution in [2.75, 3.05) is 18.1 Å². The van der Waals surface area contributed by atoms with Crippen LogP contribution in [0.15, 0.2) is 42.5 Å². The fourth-order valence-electron chi connectivity index (χ4n) is 6.40. The van der Waals surface area contributed by atoms with Crippen molar-refractivity contribution in [1.29, 1.82) is 0 Å². The summed E-state index contributed by atoms with van der Waals surface area (Å²) in [7, 11) is -3.19. The lowest BCUT2D eigenvalue weighted by Crippen LogP contribution is -2.53. The number of amides is 2. The lowest BCUT2D eigenvalue weighted by molar-refractivity contribution is -0.228. The van der Waals surface area contributed by atoms with Gasteiger partial charge in [0.1, 0.15) is 5.82 Å². The zero-order chi connectivity index (χ0) is 27.5. The van der Waals surface area contributed by atoms with Gasteiger partial charge in [0.25, 0.3) is 0 Å². The molecule has 2 fully saturated rings. The van der Waals surface area contributed by atoms with Crippen molar-refractivity contribution < 1.29 is 35.2 Å². The minimum atomic E-state index is -5.07. The monoisotopic (exact) mass is 556 g/mol. The Kier molecular flexibility index (Phi) is 6.52. The van der Waals surface area contributed by atoms with Crippen molar-refractivity contribution in [1.82, 2.24) is 10.2 Å². The van der Waals surface area contributed by atoms with Gasteiger partial charge in [-0.25, -0.2) is 22.0 Å². The molecule has 0 radical (unpaired) electrons. The average molecular weight is 557 g/mol. The van der Waals surface area contributed by atoms with E-state index in [1.165, 1.54) is 24.3 Å². The van der Waals surface area contributed by atoms with Crippen molar-refractivity contribution in [2.24, 2.45) is 0 Å². The number of aryl methyl sites for hydroxylation is 1. The van der Waals surface area contributed by atoms with Gasteiger partial charge in [-0.1, -0.05) is 30.3 Å². The van der Waals surface area contributed by atoms with E-state index in [0.717, 1.165) is 11.1 Å². The van der Waals surface area contributed by atoms with Gasteiger partial charge >= 0.3 is 12.2 Å². The molecule has 0 spiro atoms. The molecule has 2 heterocycles. The number of urea groups is 1. The predicted molar refractivity (Wildman–Crippen MR) is 132 cm³/mol. The van der Waals surface area contributed by atoms with E-state index in [0.29, 0.717) is 51.1 Å². The zero-order valence-electron chi connectivity index (χ0n) is 20.8. The highest BCUT2D eigenvalue weighted by molar-refractivity contribution is 7.91. The van der Waals surface area contributed by atoms with E-state index in [1.54, 1.807) is 23.1 Å². The second kappa shape index (κ2) is 9.20. The molecule has 3 aliphatic rings. The van der Waals surface area contributed by atoms with Crippen LogP contribution in [0.2, 0.25) is 0 Å². The van der Waals surface area contributed by atoms with Crippen molar-refractivity contribution in [3.63, 3.8) is 0 Å². The Balaban J connectivity index is 1.50. The summed E-state index contributed by atoms with van der Waals surface area (Å²) in [4.78, 5) is 15.0. The van der Waals surface area contributed by atoms with E-state index in [-0.39, 0.29) is 23.6 Å². The molecule has 2 amide bonds. The maximum absolute atomic E-state index is 14.8. The third-order valence-electron chi connectivity index (χ3n) is 8.47. The zero-order valence-corrected chi connectivity index (χ0v) is 21.6. The smallest absolute Gasteiger partial charge is 0.334 e. The van der Waals surface area contributed by atoms with Crippen molar-refractivity contribution in [2.45, 2.75) is 68.4 Å². The Morgan fingerprint density at radius 1 is 1.11 bits per heavy atom. The number of carbonyl (C=O) groups excluding carboxylic acids is 1. The van der Waals surface area contributed by atoms with Gasteiger partial charge in [-0.15, -0.1) is 0 Å². The number of sulfone groups is 1. The van der Waals surface area contributed by atoms with Gasteiger partial charge in [0.05, 0.1) is 11.5 Å². The minimum absolute atomic E-state index is 0.0248. The molecule has 2 unspecified atom stereocenters. The van der Waals surface area contributed by atoms with Gasteiger partial charge in [0, 0.05) is 24.0 Å². The van der Waals surface area contributed by atoms with Crippen LogP contribution < -0.4 is 5.32 Å². The molecule has 5 rings (SSSR count). The van der Waals surface area contributed by atoms with E-state index >= 15 is 0 Å². The Morgan fingerprint density at radius 2 is 1.82 bits per heavy atom. The summed E-state index contributed by atoms with van der Waals surface area (Å²) in [6, 6.07) is 8.84. The first-order chi connectivity index (χ1) is 17.7. The molecule has 11 heteroatoms. The molecule has 2 aliphatic heterocycles. The molecule has 0 aromatic heterocycles. The van der Waals surface area contributed by atoms with Gasteiger partial charge in [-0.3, -0.25) is 0 Å². The highest BCUT2D eigenvalue weighted by Gasteiger charge is 2.56. The Labute approximate surface area is 218 Å². The van der Waals surface area contributed by atoms with Gasteiger partial charge in [0.15, 0.2) is 9.84 Å². The highest BCUT2D eigenvalue weighted by Crippen LogP contribution is 2.51. The average Bonchev–Trinajstić information content (AvgIpc) is 3.39. The Bertz CT molecular complexity index is 1340. The van der Waals surface area contributed by atoms with Gasteiger partial charge in [0.2, 0.25) is 5.67 Å². The quantitative estimate of drug-likeness (QED) is 0.541. The number of fused-ring (bicyclic) bond motifs is 3. The third kappa shape index (κ3) is 4.67. The van der Waals surface area contributed by atoms with Crippen molar-refractivity contribution in [3.05, 3.63) is 70.5 Å². The Morgan fingerprint density at radius 3 is 2.45 bits per heavy atom. The number of likely N-dealkylation sites (tertiary alicyclic amines) is 1. The van der Waals surface area contributed by atoms with Crippen LogP contribution in [0.25, 0.3) is 0 Å². The fraction of sp³-hybridized carbons (Fsp3) is 0.519. The number of nitrogens with one attached hydrogen (secondary N) is 1. The number of hydrogen-bond acceptors (Lipinski definition) is 3. The number of carbonyl (C=O) groups is 1. The lowest BCUT2D eigenvalue weighted by atomic mass is 9.63. The molecule has 2 saturated heterocycles. The first kappa shape index (κ1) is 26.9. The molecule has 2 aromatic carbocycles. The molecule has 2 aromatic rings. The molecule has 206 valence electrons. The highest BCUT2D eigenvalue weighted by atomic mass is 32.2. The lowest BCUT2D eigenvalue weighted by Gasteiger charge is -2.44. The second-order valence-corrected chi connectivity index (χ2v) is 13.1. The number of benzene rings is 2. The van der Waals surface area contributed by atoms with Crippen LogP contribution >= 0.6 is 0 Å². The number of halogens is 5. The standard InChI is InChI=1S/C27H29F5N2O3S/c1-25(29,27(30,31)32)19-5-8-22-18(14-19)4-9-23-26(22,15-17-2-6-20(28)7-3-17)11-12-34(23)24(35)33-21-10-13-38(36,37)16-21/h2-3,5-8,14,21,23H,4,9-13,15-16H2,1H3,(H,33,35)/t21?,23-,25?,26-/m1/s1. The maximum Gasteiger partial charge on any atom is 0.426 e. The first-order valence-electron chi connectivity index (χ1n) is 12.6.